The summed E-state index contributed by atoms with van der Waals surface area (Å²) >= 11 is 0. The molecular weight excluding hydrogens is 140 g/mol. The van der Waals surface area contributed by atoms with Crippen LogP contribution in [0.4, 0.5) is 0 Å². The predicted octanol–water partition coefficient (Wildman–Crippen LogP) is 0.697. The molecule has 0 saturated heterocycles. The van der Waals surface area contributed by atoms with E-state index in [0.717, 1.165) is 5.56 Å². The van der Waals surface area contributed by atoms with Gasteiger partial charge >= 0.3 is 0 Å². The molecule has 1 aliphatic rings. The second-order valence-corrected chi connectivity index (χ2v) is 2.36. The standard InChI is InChI=1S/C8H6N2O/c11-8-5-10-3-6-1-2-9-4-7(6)8/h1-4H,5H2. The van der Waals surface area contributed by atoms with Crippen LogP contribution in [0.3, 0.4) is 0 Å². The molecular formula is C8H6N2O. The maximum Gasteiger partial charge on any atom is 0.186 e. The number of rotatable bonds is 0. The van der Waals surface area contributed by atoms with E-state index in [1.54, 1.807) is 24.7 Å². The van der Waals surface area contributed by atoms with Gasteiger partial charge in [-0.05, 0) is 6.07 Å². The molecule has 0 aromatic carbocycles. The Kier molecular flexibility index (Phi) is 1.28. The topological polar surface area (TPSA) is 42.3 Å². The third kappa shape index (κ3) is 0.941. The summed E-state index contributed by atoms with van der Waals surface area (Å²) < 4.78 is 0. The van der Waals surface area contributed by atoms with Crippen molar-refractivity contribution >= 4 is 12.0 Å². The summed E-state index contributed by atoms with van der Waals surface area (Å²) in [6.07, 6.45) is 4.95. The maximum atomic E-state index is 11.1. The molecule has 1 aliphatic heterocycles. The average Bonchev–Trinajstić information content (AvgIpc) is 2.06. The van der Waals surface area contributed by atoms with E-state index in [0.29, 0.717) is 5.56 Å². The highest BCUT2D eigenvalue weighted by Gasteiger charge is 2.12. The van der Waals surface area contributed by atoms with Gasteiger partial charge in [-0.3, -0.25) is 14.8 Å². The van der Waals surface area contributed by atoms with Crippen molar-refractivity contribution in [2.24, 2.45) is 4.99 Å². The van der Waals surface area contributed by atoms with E-state index in [9.17, 15) is 4.79 Å². The summed E-state index contributed by atoms with van der Waals surface area (Å²) in [5.41, 5.74) is 1.55. The van der Waals surface area contributed by atoms with Gasteiger partial charge in [-0.1, -0.05) is 0 Å². The molecule has 0 spiro atoms. The first-order valence-electron chi connectivity index (χ1n) is 3.35. The first-order valence-corrected chi connectivity index (χ1v) is 3.35. The normalized spacial score (nSPS) is 14.7. The molecule has 2 rings (SSSR count). The van der Waals surface area contributed by atoms with E-state index in [1.165, 1.54) is 0 Å². The zero-order chi connectivity index (χ0) is 7.68. The lowest BCUT2D eigenvalue weighted by atomic mass is 10.1. The Bertz CT molecular complexity index is 331. The molecule has 0 aliphatic carbocycles. The third-order valence-corrected chi connectivity index (χ3v) is 1.62. The molecule has 1 aromatic rings. The number of hydrogen-bond donors (Lipinski definition) is 0. The van der Waals surface area contributed by atoms with E-state index in [1.807, 2.05) is 0 Å². The number of ketones is 1. The van der Waals surface area contributed by atoms with Crippen molar-refractivity contribution in [3.05, 3.63) is 29.6 Å². The van der Waals surface area contributed by atoms with Crippen molar-refractivity contribution in [2.45, 2.75) is 0 Å². The van der Waals surface area contributed by atoms with Crippen molar-refractivity contribution in [3.63, 3.8) is 0 Å². The van der Waals surface area contributed by atoms with E-state index >= 15 is 0 Å². The maximum absolute atomic E-state index is 11.1. The lowest BCUT2D eigenvalue weighted by Gasteiger charge is -2.05. The minimum atomic E-state index is 0.0515. The first kappa shape index (κ1) is 6.22. The van der Waals surface area contributed by atoms with Crippen LogP contribution < -0.4 is 0 Å². The Hall–Kier alpha value is -1.51. The van der Waals surface area contributed by atoms with Gasteiger partial charge in [-0.25, -0.2) is 0 Å². The zero-order valence-electron chi connectivity index (χ0n) is 5.82. The largest absolute Gasteiger partial charge is 0.292 e. The van der Waals surface area contributed by atoms with Gasteiger partial charge in [0.15, 0.2) is 5.78 Å². The van der Waals surface area contributed by atoms with Crippen molar-refractivity contribution in [3.8, 4) is 0 Å². The Balaban J connectivity index is 2.63. The van der Waals surface area contributed by atoms with Crippen molar-refractivity contribution in [1.29, 1.82) is 0 Å². The molecule has 0 radical (unpaired) electrons. The van der Waals surface area contributed by atoms with Crippen LogP contribution in [-0.4, -0.2) is 23.5 Å². The SMILES string of the molecule is O=C1CN=Cc2ccncc21. The quantitative estimate of drug-likeness (QED) is 0.540. The average molecular weight is 146 g/mol. The predicted molar refractivity (Wildman–Crippen MR) is 41.0 cm³/mol. The molecule has 0 bridgehead atoms. The van der Waals surface area contributed by atoms with Crippen LogP contribution in [0.5, 0.6) is 0 Å². The van der Waals surface area contributed by atoms with Gasteiger partial charge in [0.1, 0.15) is 6.54 Å². The van der Waals surface area contributed by atoms with Gasteiger partial charge in [0.05, 0.1) is 0 Å². The van der Waals surface area contributed by atoms with Gasteiger partial charge in [-0.2, -0.15) is 0 Å². The van der Waals surface area contributed by atoms with Gasteiger partial charge in [0, 0.05) is 29.7 Å². The first-order chi connectivity index (χ1) is 5.38. The van der Waals surface area contributed by atoms with Crippen LogP contribution in [0.1, 0.15) is 15.9 Å². The van der Waals surface area contributed by atoms with Crippen molar-refractivity contribution in [1.82, 2.24) is 4.98 Å². The van der Waals surface area contributed by atoms with Crippen LogP contribution in [0.2, 0.25) is 0 Å². The summed E-state index contributed by atoms with van der Waals surface area (Å²) in [7, 11) is 0. The lowest BCUT2D eigenvalue weighted by molar-refractivity contribution is 0.1000. The number of pyridine rings is 1. The van der Waals surface area contributed by atoms with Crippen LogP contribution in [0, 0.1) is 0 Å². The number of nitrogens with zero attached hydrogens (tertiary/aromatic N) is 2. The zero-order valence-corrected chi connectivity index (χ0v) is 5.82. The van der Waals surface area contributed by atoms with Gasteiger partial charge in [-0.15, -0.1) is 0 Å². The second kappa shape index (κ2) is 2.27. The molecule has 0 amide bonds. The number of aromatic nitrogens is 1. The minimum Gasteiger partial charge on any atom is -0.292 e. The van der Waals surface area contributed by atoms with Crippen LogP contribution in [-0.2, 0) is 0 Å². The summed E-state index contributed by atoms with van der Waals surface area (Å²) in [5.74, 6) is 0.0515. The van der Waals surface area contributed by atoms with Gasteiger partial charge in [0.2, 0.25) is 0 Å². The number of fused-ring (bicyclic) bond motifs is 1. The fourth-order valence-corrected chi connectivity index (χ4v) is 1.06. The lowest BCUT2D eigenvalue weighted by Crippen LogP contribution is -2.12. The summed E-state index contributed by atoms with van der Waals surface area (Å²) in [6, 6.07) is 1.79. The van der Waals surface area contributed by atoms with E-state index in [4.69, 9.17) is 0 Å². The van der Waals surface area contributed by atoms with E-state index < -0.39 is 0 Å². The fraction of sp³-hybridized carbons (Fsp3) is 0.125. The van der Waals surface area contributed by atoms with Gasteiger partial charge in [0.25, 0.3) is 0 Å². The van der Waals surface area contributed by atoms with Crippen LogP contribution in [0.15, 0.2) is 23.5 Å². The highest BCUT2D eigenvalue weighted by atomic mass is 16.1. The highest BCUT2D eigenvalue weighted by molar-refractivity contribution is 6.07. The molecule has 0 N–H and O–H groups in total. The fourth-order valence-electron chi connectivity index (χ4n) is 1.06. The highest BCUT2D eigenvalue weighted by Crippen LogP contribution is 2.08. The van der Waals surface area contributed by atoms with Crippen molar-refractivity contribution < 1.29 is 4.79 Å². The Morgan fingerprint density at radius 2 is 2.36 bits per heavy atom. The molecule has 3 nitrogen and oxygen atoms in total. The Morgan fingerprint density at radius 3 is 3.18 bits per heavy atom. The van der Waals surface area contributed by atoms with Crippen LogP contribution >= 0.6 is 0 Å². The number of carbonyl (C=O) groups excluding carboxylic acids is 1. The smallest absolute Gasteiger partial charge is 0.186 e. The number of hydrogen-bond acceptors (Lipinski definition) is 3. The van der Waals surface area contributed by atoms with Crippen molar-refractivity contribution in [2.75, 3.05) is 6.54 Å². The molecule has 2 heterocycles. The molecule has 11 heavy (non-hydrogen) atoms. The molecule has 0 atom stereocenters. The summed E-state index contributed by atoms with van der Waals surface area (Å²) in [5, 5.41) is 0. The number of aliphatic imine (C=N–C) groups is 1. The molecule has 0 fully saturated rings. The number of Topliss-reactive ketones (excluding diaryl/α,β-unsaturated/α-hetero) is 1. The van der Waals surface area contributed by atoms with Gasteiger partial charge < -0.3 is 0 Å². The molecule has 1 aromatic heterocycles. The molecule has 0 unspecified atom stereocenters. The monoisotopic (exact) mass is 146 g/mol. The molecule has 0 saturated carbocycles. The second-order valence-electron chi connectivity index (χ2n) is 2.36. The van der Waals surface area contributed by atoms with Crippen LogP contribution in [0.25, 0.3) is 0 Å². The summed E-state index contributed by atoms with van der Waals surface area (Å²) in [4.78, 5) is 18.9. The minimum absolute atomic E-state index is 0.0515. The van der Waals surface area contributed by atoms with E-state index in [-0.39, 0.29) is 12.3 Å². The Labute approximate surface area is 63.8 Å². The number of carbonyl (C=O) groups is 1. The Morgan fingerprint density at radius 1 is 1.45 bits per heavy atom. The summed E-state index contributed by atoms with van der Waals surface area (Å²) in [6.45, 7) is 0.263. The third-order valence-electron chi connectivity index (χ3n) is 1.62. The molecule has 54 valence electrons. The molecule has 3 heteroatoms. The van der Waals surface area contributed by atoms with E-state index in [2.05, 4.69) is 9.98 Å².